The molecule has 4 aliphatic rings. The maximum absolute atomic E-state index is 8.95. The molecule has 0 amide bonds. The average Bonchev–Trinajstić information content (AvgIpc) is 3.37. The number of rotatable bonds is 1. The lowest BCUT2D eigenvalue weighted by Gasteiger charge is -2.49. The summed E-state index contributed by atoms with van der Waals surface area (Å²) in [5, 5.41) is 0. The zero-order valence-electron chi connectivity index (χ0n) is 18.1. The Morgan fingerprint density at radius 2 is 2.00 bits per heavy atom. The molecule has 2 aromatic rings. The van der Waals surface area contributed by atoms with Gasteiger partial charge < -0.3 is 10.5 Å². The minimum absolute atomic E-state index is 0.0378. The fourth-order valence-electron chi connectivity index (χ4n) is 6.18. The van der Waals surface area contributed by atoms with Crippen molar-refractivity contribution in [3.8, 4) is 11.1 Å². The number of nitrogens with two attached hydrogens (primary N) is 1. The van der Waals surface area contributed by atoms with Crippen LogP contribution in [0.25, 0.3) is 11.1 Å². The van der Waals surface area contributed by atoms with Gasteiger partial charge in [-0.3, -0.25) is 0 Å². The summed E-state index contributed by atoms with van der Waals surface area (Å²) in [6.07, 6.45) is 11.4. The molecule has 144 valence electrons. The fraction of sp³-hybridized carbons (Fsp3) is 0.522. The SMILES string of the molecule is [2H]C1([2H])OC(N)=NC12c1cc(-c3cncnc3)ccc1C[C@]21CC[C@@H](C)C2(CC2)C1. The highest BCUT2D eigenvalue weighted by molar-refractivity contribution is 5.76. The Balaban J connectivity index is 1.57. The lowest BCUT2D eigenvalue weighted by atomic mass is 9.56. The van der Waals surface area contributed by atoms with Crippen LogP contribution in [0.1, 0.15) is 52.9 Å². The van der Waals surface area contributed by atoms with Crippen LogP contribution in [0.15, 0.2) is 41.9 Å². The summed E-state index contributed by atoms with van der Waals surface area (Å²) in [5.74, 6) is 0.676. The molecule has 2 heterocycles. The summed E-state index contributed by atoms with van der Waals surface area (Å²) in [4.78, 5) is 13.1. The summed E-state index contributed by atoms with van der Waals surface area (Å²) < 4.78 is 23.5. The van der Waals surface area contributed by atoms with Gasteiger partial charge >= 0.3 is 0 Å². The Kier molecular flexibility index (Phi) is 2.77. The molecular weight excluding hydrogens is 348 g/mol. The number of hydrogen-bond donors (Lipinski definition) is 1. The number of hydrogen-bond acceptors (Lipinski definition) is 5. The number of aliphatic imine (C=N–C) groups is 1. The molecule has 2 saturated carbocycles. The first-order valence-electron chi connectivity index (χ1n) is 11.2. The molecule has 28 heavy (non-hydrogen) atoms. The Labute approximate surface area is 168 Å². The van der Waals surface area contributed by atoms with Gasteiger partial charge in [0.25, 0.3) is 6.02 Å². The zero-order chi connectivity index (χ0) is 20.8. The number of nitrogens with zero attached hydrogens (tertiary/aromatic N) is 3. The van der Waals surface area contributed by atoms with Crippen molar-refractivity contribution in [3.63, 3.8) is 0 Å². The number of fused-ring (bicyclic) bond motifs is 3. The van der Waals surface area contributed by atoms with E-state index in [1.54, 1.807) is 12.4 Å². The van der Waals surface area contributed by atoms with Gasteiger partial charge in [0.05, 0.1) is 2.74 Å². The van der Waals surface area contributed by atoms with Crippen LogP contribution in [0.3, 0.4) is 0 Å². The smallest absolute Gasteiger partial charge is 0.283 e. The highest BCUT2D eigenvalue weighted by atomic mass is 16.5. The third kappa shape index (κ3) is 2.05. The first kappa shape index (κ1) is 14.6. The monoisotopic (exact) mass is 376 g/mol. The average molecular weight is 377 g/mol. The van der Waals surface area contributed by atoms with Gasteiger partial charge in [0.2, 0.25) is 0 Å². The Hall–Kier alpha value is -2.43. The Bertz CT molecular complexity index is 1070. The third-order valence-electron chi connectivity index (χ3n) is 7.96. The van der Waals surface area contributed by atoms with E-state index in [0.29, 0.717) is 11.3 Å². The minimum atomic E-state index is -1.98. The van der Waals surface area contributed by atoms with Crippen molar-refractivity contribution in [2.24, 2.45) is 27.5 Å². The second-order valence-corrected chi connectivity index (χ2v) is 9.30. The molecule has 0 saturated heterocycles. The van der Waals surface area contributed by atoms with Crippen LogP contribution in [0.4, 0.5) is 0 Å². The van der Waals surface area contributed by atoms with E-state index >= 15 is 0 Å². The standard InChI is InChI=1S/C23H26N4O/c1-15-4-5-22(12-21(15)6-7-21)9-17-3-2-16(18-10-25-14-26-11-18)8-19(17)23(22)13-28-20(24)27-23/h2-3,8,10-11,14-15H,4-7,9,12-13H2,1H3,(H2,24,27)/t15-,22+,23?/m1/s1/i13D2. The molecule has 0 bridgehead atoms. The predicted octanol–water partition coefficient (Wildman–Crippen LogP) is 3.83. The second kappa shape index (κ2) is 5.34. The molecule has 0 radical (unpaired) electrons. The maximum atomic E-state index is 8.95. The third-order valence-corrected chi connectivity index (χ3v) is 7.96. The van der Waals surface area contributed by atoms with E-state index in [0.717, 1.165) is 47.9 Å². The van der Waals surface area contributed by atoms with Gasteiger partial charge in [-0.1, -0.05) is 19.1 Å². The molecule has 2 N–H and O–H groups in total. The Morgan fingerprint density at radius 1 is 1.18 bits per heavy atom. The van der Waals surface area contributed by atoms with Crippen molar-refractivity contribution in [1.82, 2.24) is 9.97 Å². The number of amidine groups is 1. The topological polar surface area (TPSA) is 73.4 Å². The largest absolute Gasteiger partial charge is 0.462 e. The van der Waals surface area contributed by atoms with E-state index in [9.17, 15) is 0 Å². The van der Waals surface area contributed by atoms with Gasteiger partial charge in [0.1, 0.15) is 18.4 Å². The molecule has 6 rings (SSSR count). The van der Waals surface area contributed by atoms with Gasteiger partial charge in [-0.25, -0.2) is 15.0 Å². The quantitative estimate of drug-likeness (QED) is 0.821. The molecule has 5 nitrogen and oxygen atoms in total. The molecule has 2 fully saturated rings. The minimum Gasteiger partial charge on any atom is -0.462 e. The lowest BCUT2D eigenvalue weighted by Crippen LogP contribution is -2.48. The van der Waals surface area contributed by atoms with Crippen LogP contribution in [0.2, 0.25) is 0 Å². The van der Waals surface area contributed by atoms with E-state index in [-0.39, 0.29) is 11.4 Å². The molecule has 3 atom stereocenters. The van der Waals surface area contributed by atoms with Crippen molar-refractivity contribution in [2.45, 2.75) is 51.0 Å². The van der Waals surface area contributed by atoms with Crippen LogP contribution in [-0.2, 0) is 16.7 Å². The fourth-order valence-corrected chi connectivity index (χ4v) is 6.18. The van der Waals surface area contributed by atoms with Crippen molar-refractivity contribution in [2.75, 3.05) is 6.56 Å². The summed E-state index contributed by atoms with van der Waals surface area (Å²) in [6, 6.07) is 6.25. The molecule has 1 aromatic heterocycles. The molecule has 5 heteroatoms. The van der Waals surface area contributed by atoms with Crippen molar-refractivity contribution in [3.05, 3.63) is 48.0 Å². The predicted molar refractivity (Wildman–Crippen MR) is 108 cm³/mol. The lowest BCUT2D eigenvalue weighted by molar-refractivity contribution is 0.00530. The summed E-state index contributed by atoms with van der Waals surface area (Å²) in [6.45, 7) is 0.379. The van der Waals surface area contributed by atoms with Gasteiger partial charge in [-0.15, -0.1) is 0 Å². The normalized spacial score (nSPS) is 37.3. The van der Waals surface area contributed by atoms with Crippen molar-refractivity contribution in [1.29, 1.82) is 0 Å². The number of ether oxygens (including phenoxy) is 1. The first-order chi connectivity index (χ1) is 14.3. The Morgan fingerprint density at radius 3 is 2.71 bits per heavy atom. The van der Waals surface area contributed by atoms with Gasteiger partial charge in [0.15, 0.2) is 0 Å². The van der Waals surface area contributed by atoms with Crippen LogP contribution in [-0.4, -0.2) is 22.5 Å². The summed E-state index contributed by atoms with van der Waals surface area (Å²) in [7, 11) is 0. The molecule has 1 unspecified atom stereocenters. The molecule has 3 spiro atoms. The van der Waals surface area contributed by atoms with E-state index in [4.69, 9.17) is 18.2 Å². The van der Waals surface area contributed by atoms with E-state index in [1.807, 2.05) is 0 Å². The molecule has 1 aromatic carbocycles. The van der Waals surface area contributed by atoms with E-state index in [2.05, 4.69) is 35.1 Å². The maximum Gasteiger partial charge on any atom is 0.283 e. The molecule has 1 aliphatic heterocycles. The van der Waals surface area contributed by atoms with Gasteiger partial charge in [-0.05, 0) is 72.6 Å². The van der Waals surface area contributed by atoms with Crippen LogP contribution in [0, 0.1) is 16.7 Å². The molecular formula is C23H26N4O. The van der Waals surface area contributed by atoms with Crippen molar-refractivity contribution >= 4 is 6.02 Å². The van der Waals surface area contributed by atoms with E-state index in [1.165, 1.54) is 19.2 Å². The van der Waals surface area contributed by atoms with Crippen LogP contribution < -0.4 is 5.73 Å². The van der Waals surface area contributed by atoms with Gasteiger partial charge in [0, 0.05) is 23.4 Å². The van der Waals surface area contributed by atoms with Crippen LogP contribution >= 0.6 is 0 Å². The highest BCUT2D eigenvalue weighted by Crippen LogP contribution is 2.71. The summed E-state index contributed by atoms with van der Waals surface area (Å²) in [5.41, 5.74) is 8.89. The second-order valence-electron chi connectivity index (χ2n) is 9.30. The molecule has 3 aliphatic carbocycles. The first-order valence-corrected chi connectivity index (χ1v) is 10.2. The van der Waals surface area contributed by atoms with Crippen molar-refractivity contribution < 1.29 is 7.48 Å². The van der Waals surface area contributed by atoms with Crippen LogP contribution in [0.5, 0.6) is 0 Å². The van der Waals surface area contributed by atoms with Gasteiger partial charge in [-0.2, -0.15) is 0 Å². The number of aromatic nitrogens is 2. The summed E-state index contributed by atoms with van der Waals surface area (Å²) >= 11 is 0. The highest BCUT2D eigenvalue weighted by Gasteiger charge is 2.66. The van der Waals surface area contributed by atoms with E-state index < -0.39 is 12.1 Å². The zero-order valence-corrected chi connectivity index (χ0v) is 16.1. The number of benzene rings is 1.